The van der Waals surface area contributed by atoms with Crippen LogP contribution in [0.2, 0.25) is 0 Å². The van der Waals surface area contributed by atoms with Crippen LogP contribution in [0, 0.1) is 29.6 Å². The van der Waals surface area contributed by atoms with E-state index in [1.54, 1.807) is 0 Å². The molecular weight excluding hydrogens is 144 g/mol. The van der Waals surface area contributed by atoms with E-state index in [0.29, 0.717) is 0 Å². The molecule has 72 valence electrons. The normalized spacial score (nSPS) is 39.2. The first-order chi connectivity index (χ1) is 5.59. The molecule has 4 unspecified atom stereocenters. The van der Waals surface area contributed by atoms with Crippen LogP contribution in [0.4, 0.5) is 0 Å². The second kappa shape index (κ2) is 3.81. The van der Waals surface area contributed by atoms with Gasteiger partial charge in [0.15, 0.2) is 0 Å². The summed E-state index contributed by atoms with van der Waals surface area (Å²) in [6, 6.07) is 0. The molecule has 0 N–H and O–H groups in total. The molecule has 0 amide bonds. The summed E-state index contributed by atoms with van der Waals surface area (Å²) < 4.78 is 0. The maximum absolute atomic E-state index is 2.45. The van der Waals surface area contributed by atoms with E-state index in [-0.39, 0.29) is 0 Å². The summed E-state index contributed by atoms with van der Waals surface area (Å²) in [5.41, 5.74) is 0. The van der Waals surface area contributed by atoms with Gasteiger partial charge in [0.2, 0.25) is 0 Å². The van der Waals surface area contributed by atoms with Crippen molar-refractivity contribution >= 4 is 0 Å². The van der Waals surface area contributed by atoms with Crippen molar-refractivity contribution < 1.29 is 0 Å². The smallest absolute Gasteiger partial charge is 0.0329 e. The quantitative estimate of drug-likeness (QED) is 0.596. The van der Waals surface area contributed by atoms with Gasteiger partial charge in [-0.3, -0.25) is 0 Å². The molecule has 0 bridgehead atoms. The van der Waals surface area contributed by atoms with Gasteiger partial charge in [-0.05, 0) is 29.6 Å². The Morgan fingerprint density at radius 2 is 1.58 bits per heavy atom. The highest BCUT2D eigenvalue weighted by Crippen LogP contribution is 2.52. The van der Waals surface area contributed by atoms with Crippen LogP contribution in [-0.2, 0) is 0 Å². The van der Waals surface area contributed by atoms with E-state index in [1.165, 1.54) is 12.8 Å². The molecule has 1 rings (SSSR count). The predicted octanol–water partition coefficient (Wildman–Crippen LogP) is 3.96. The third kappa shape index (κ3) is 1.84. The summed E-state index contributed by atoms with van der Waals surface area (Å²) in [4.78, 5) is 0. The van der Waals surface area contributed by atoms with Crippen LogP contribution in [0.3, 0.4) is 0 Å². The fraction of sp³-hybridized carbons (Fsp3) is 1.00. The average Bonchev–Trinajstić information content (AvgIpc) is 2.59. The van der Waals surface area contributed by atoms with E-state index in [0.717, 1.165) is 29.6 Å². The summed E-state index contributed by atoms with van der Waals surface area (Å²) in [5.74, 6) is 4.92. The van der Waals surface area contributed by atoms with Crippen LogP contribution in [0.5, 0.6) is 0 Å². The molecule has 0 radical (unpaired) electrons. The van der Waals surface area contributed by atoms with Gasteiger partial charge in [0.1, 0.15) is 0 Å². The Morgan fingerprint density at radius 1 is 1.08 bits per heavy atom. The lowest BCUT2D eigenvalue weighted by Crippen LogP contribution is -2.11. The Bertz CT molecular complexity index is 131. The van der Waals surface area contributed by atoms with E-state index >= 15 is 0 Å². The monoisotopic (exact) mass is 168 g/mol. The molecule has 0 heteroatoms. The minimum Gasteiger partial charge on any atom is -0.0654 e. The molecule has 4 atom stereocenters. The van der Waals surface area contributed by atoms with Crippen LogP contribution in [0.1, 0.15) is 47.5 Å². The molecule has 0 nitrogen and oxygen atoms in total. The van der Waals surface area contributed by atoms with Crippen molar-refractivity contribution in [1.29, 1.82) is 0 Å². The van der Waals surface area contributed by atoms with Crippen LogP contribution < -0.4 is 0 Å². The fourth-order valence-electron chi connectivity index (χ4n) is 2.76. The molecule has 1 saturated carbocycles. The molecular formula is C12H24. The molecule has 0 aromatic carbocycles. The molecule has 1 aliphatic rings. The maximum Gasteiger partial charge on any atom is -0.0329 e. The van der Waals surface area contributed by atoms with Gasteiger partial charge >= 0.3 is 0 Å². The van der Waals surface area contributed by atoms with Crippen LogP contribution in [-0.4, -0.2) is 0 Å². The van der Waals surface area contributed by atoms with Gasteiger partial charge in [0, 0.05) is 0 Å². The van der Waals surface area contributed by atoms with Crippen molar-refractivity contribution in [1.82, 2.24) is 0 Å². The number of hydrogen-bond donors (Lipinski definition) is 0. The van der Waals surface area contributed by atoms with E-state index in [4.69, 9.17) is 0 Å². The maximum atomic E-state index is 2.45. The molecule has 12 heavy (non-hydrogen) atoms. The SMILES string of the molecule is CCCC(C)C(C)C1C(C)C1C. The van der Waals surface area contributed by atoms with Gasteiger partial charge in [-0.2, -0.15) is 0 Å². The molecule has 0 heterocycles. The molecule has 0 saturated heterocycles. The van der Waals surface area contributed by atoms with E-state index in [1.807, 2.05) is 0 Å². The molecule has 1 aliphatic carbocycles. The molecule has 1 fully saturated rings. The Balaban J connectivity index is 2.33. The van der Waals surface area contributed by atoms with Gasteiger partial charge in [0.25, 0.3) is 0 Å². The van der Waals surface area contributed by atoms with Gasteiger partial charge in [-0.15, -0.1) is 0 Å². The second-order valence-electron chi connectivity index (χ2n) is 4.92. The molecule has 0 aromatic rings. The zero-order valence-corrected chi connectivity index (χ0v) is 9.30. The van der Waals surface area contributed by atoms with Crippen molar-refractivity contribution in [2.45, 2.75) is 47.5 Å². The molecule has 0 spiro atoms. The zero-order valence-electron chi connectivity index (χ0n) is 9.30. The van der Waals surface area contributed by atoms with Gasteiger partial charge in [-0.25, -0.2) is 0 Å². The van der Waals surface area contributed by atoms with Crippen molar-refractivity contribution in [3.8, 4) is 0 Å². The van der Waals surface area contributed by atoms with Gasteiger partial charge in [0.05, 0.1) is 0 Å². The van der Waals surface area contributed by atoms with Gasteiger partial charge in [-0.1, -0.05) is 47.5 Å². The van der Waals surface area contributed by atoms with Crippen LogP contribution >= 0.6 is 0 Å². The highest BCUT2D eigenvalue weighted by molar-refractivity contribution is 4.94. The van der Waals surface area contributed by atoms with E-state index < -0.39 is 0 Å². The molecule has 0 aliphatic heterocycles. The third-order valence-corrected chi connectivity index (χ3v) is 4.15. The summed E-state index contributed by atoms with van der Waals surface area (Å²) >= 11 is 0. The Kier molecular flexibility index (Phi) is 3.20. The van der Waals surface area contributed by atoms with Crippen LogP contribution in [0.15, 0.2) is 0 Å². The van der Waals surface area contributed by atoms with Crippen molar-refractivity contribution in [3.63, 3.8) is 0 Å². The Labute approximate surface area is 77.7 Å². The average molecular weight is 168 g/mol. The minimum atomic E-state index is 0.937. The second-order valence-corrected chi connectivity index (χ2v) is 4.92. The zero-order chi connectivity index (χ0) is 9.30. The summed E-state index contributed by atoms with van der Waals surface area (Å²) in [6.45, 7) is 12.0. The van der Waals surface area contributed by atoms with Crippen molar-refractivity contribution in [3.05, 3.63) is 0 Å². The van der Waals surface area contributed by atoms with Crippen molar-refractivity contribution in [2.75, 3.05) is 0 Å². The minimum absolute atomic E-state index is 0.937. The summed E-state index contributed by atoms with van der Waals surface area (Å²) in [7, 11) is 0. The first-order valence-corrected chi connectivity index (χ1v) is 5.59. The standard InChI is InChI=1S/C12H24/c1-6-7-8(2)9(3)12-10(4)11(12)5/h8-12H,6-7H2,1-5H3. The lowest BCUT2D eigenvalue weighted by Gasteiger charge is -2.19. The third-order valence-electron chi connectivity index (χ3n) is 4.15. The predicted molar refractivity (Wildman–Crippen MR) is 55.1 cm³/mol. The summed E-state index contributed by atoms with van der Waals surface area (Å²) in [5, 5.41) is 0. The largest absolute Gasteiger partial charge is 0.0654 e. The Hall–Kier alpha value is 0. The first-order valence-electron chi connectivity index (χ1n) is 5.59. The van der Waals surface area contributed by atoms with Gasteiger partial charge < -0.3 is 0 Å². The molecule has 0 aromatic heterocycles. The van der Waals surface area contributed by atoms with E-state index in [9.17, 15) is 0 Å². The topological polar surface area (TPSA) is 0 Å². The number of hydrogen-bond acceptors (Lipinski definition) is 0. The lowest BCUT2D eigenvalue weighted by molar-refractivity contribution is 0.307. The Morgan fingerprint density at radius 3 is 1.92 bits per heavy atom. The van der Waals surface area contributed by atoms with Crippen molar-refractivity contribution in [2.24, 2.45) is 29.6 Å². The van der Waals surface area contributed by atoms with Crippen LogP contribution in [0.25, 0.3) is 0 Å². The van der Waals surface area contributed by atoms with E-state index in [2.05, 4.69) is 34.6 Å². The lowest BCUT2D eigenvalue weighted by atomic mass is 9.87. The highest BCUT2D eigenvalue weighted by atomic mass is 14.5. The number of rotatable bonds is 4. The fourth-order valence-corrected chi connectivity index (χ4v) is 2.76. The summed E-state index contributed by atoms with van der Waals surface area (Å²) in [6.07, 6.45) is 2.76. The highest BCUT2D eigenvalue weighted by Gasteiger charge is 2.46. The first kappa shape index (κ1) is 10.1.